The molecule has 0 saturated heterocycles. The van der Waals surface area contributed by atoms with Crippen molar-refractivity contribution in [2.75, 3.05) is 0 Å². The summed E-state index contributed by atoms with van der Waals surface area (Å²) in [5.41, 5.74) is 4.28. The predicted molar refractivity (Wildman–Crippen MR) is 89.5 cm³/mol. The Balaban J connectivity index is 2.25. The normalized spacial score (nSPS) is 12.5. The zero-order valence-electron chi connectivity index (χ0n) is 14.0. The molecule has 0 atom stereocenters. The van der Waals surface area contributed by atoms with Gasteiger partial charge in [-0.2, -0.15) is 0 Å². The Kier molecular flexibility index (Phi) is 4.25. The molecule has 21 heavy (non-hydrogen) atoms. The molecule has 0 unspecified atom stereocenters. The molecule has 0 spiro atoms. The Hall–Kier alpha value is -1.60. The van der Waals surface area contributed by atoms with Crippen LogP contribution in [-0.2, 0) is 15.9 Å². The first-order valence-electron chi connectivity index (χ1n) is 7.55. The Bertz CT molecular complexity index is 533. The highest BCUT2D eigenvalue weighted by molar-refractivity contribution is 5.28. The summed E-state index contributed by atoms with van der Waals surface area (Å²) in [5, 5.41) is 0. The van der Waals surface area contributed by atoms with E-state index in [9.17, 15) is 0 Å². The van der Waals surface area contributed by atoms with Gasteiger partial charge in [-0.3, -0.25) is 0 Å². The maximum Gasteiger partial charge on any atom is 0.0887 e. The summed E-state index contributed by atoms with van der Waals surface area (Å²) in [7, 11) is 0. The van der Waals surface area contributed by atoms with Crippen LogP contribution in [0.1, 0.15) is 49.9 Å². The van der Waals surface area contributed by atoms with Crippen LogP contribution in [0.25, 0.3) is 0 Å². The second kappa shape index (κ2) is 5.65. The van der Waals surface area contributed by atoms with Crippen LogP contribution < -0.4 is 0 Å². The molecular formula is C20H26O. The number of aryl methyl sites for hydroxylation is 2. The van der Waals surface area contributed by atoms with Crippen molar-refractivity contribution in [1.29, 1.82) is 0 Å². The molecule has 0 bridgehead atoms. The van der Waals surface area contributed by atoms with Gasteiger partial charge in [0.2, 0.25) is 0 Å². The molecule has 0 aliphatic heterocycles. The number of rotatable bonds is 4. The van der Waals surface area contributed by atoms with Gasteiger partial charge >= 0.3 is 0 Å². The average molecular weight is 282 g/mol. The van der Waals surface area contributed by atoms with Crippen molar-refractivity contribution in [3.05, 3.63) is 70.8 Å². The van der Waals surface area contributed by atoms with Crippen molar-refractivity contribution >= 4 is 0 Å². The van der Waals surface area contributed by atoms with Gasteiger partial charge in [0.15, 0.2) is 0 Å². The molecule has 0 aliphatic carbocycles. The molecule has 1 nitrogen and oxygen atoms in total. The van der Waals surface area contributed by atoms with Crippen LogP contribution in [0.2, 0.25) is 0 Å². The molecule has 0 aromatic heterocycles. The highest BCUT2D eigenvalue weighted by Gasteiger charge is 2.31. The van der Waals surface area contributed by atoms with Crippen LogP contribution in [0.5, 0.6) is 0 Å². The van der Waals surface area contributed by atoms with Crippen molar-refractivity contribution in [2.45, 2.75) is 52.7 Å². The highest BCUT2D eigenvalue weighted by Crippen LogP contribution is 2.35. The summed E-state index contributed by atoms with van der Waals surface area (Å²) < 4.78 is 6.48. The van der Waals surface area contributed by atoms with E-state index in [0.29, 0.717) is 0 Å². The topological polar surface area (TPSA) is 9.23 Å². The molecule has 2 aromatic carbocycles. The predicted octanol–water partition coefficient (Wildman–Crippen LogP) is 5.49. The first kappa shape index (κ1) is 15.8. The van der Waals surface area contributed by atoms with Crippen molar-refractivity contribution in [3.8, 4) is 0 Å². The van der Waals surface area contributed by atoms with Crippen LogP contribution in [0, 0.1) is 13.8 Å². The zero-order valence-corrected chi connectivity index (χ0v) is 14.0. The lowest BCUT2D eigenvalue weighted by Crippen LogP contribution is -2.33. The molecule has 0 amide bonds. The lowest BCUT2D eigenvalue weighted by Gasteiger charge is -2.37. The largest absolute Gasteiger partial charge is 0.360 e. The van der Waals surface area contributed by atoms with Gasteiger partial charge in [-0.1, -0.05) is 59.7 Å². The molecule has 0 radical (unpaired) electrons. The van der Waals surface area contributed by atoms with Crippen LogP contribution >= 0.6 is 0 Å². The first-order valence-corrected chi connectivity index (χ1v) is 7.55. The summed E-state index contributed by atoms with van der Waals surface area (Å²) in [6.07, 6.45) is 0. The molecule has 0 heterocycles. The van der Waals surface area contributed by atoms with Gasteiger partial charge in [-0.05, 0) is 52.7 Å². The Morgan fingerprint density at radius 2 is 0.857 bits per heavy atom. The van der Waals surface area contributed by atoms with Crippen LogP contribution in [0.15, 0.2) is 48.5 Å². The fourth-order valence-electron chi connectivity index (χ4n) is 2.67. The zero-order chi connectivity index (χ0) is 15.7. The molecular weight excluding hydrogens is 256 g/mol. The van der Waals surface area contributed by atoms with E-state index in [1.807, 2.05) is 0 Å². The van der Waals surface area contributed by atoms with Crippen LogP contribution in [0.3, 0.4) is 0 Å². The average Bonchev–Trinajstić information content (AvgIpc) is 2.38. The lowest BCUT2D eigenvalue weighted by atomic mass is 9.92. The highest BCUT2D eigenvalue weighted by atomic mass is 16.5. The van der Waals surface area contributed by atoms with Gasteiger partial charge < -0.3 is 4.74 Å². The minimum Gasteiger partial charge on any atom is -0.360 e. The number of ether oxygens (including phenoxy) is 1. The fourth-order valence-corrected chi connectivity index (χ4v) is 2.67. The van der Waals surface area contributed by atoms with Crippen LogP contribution in [0.4, 0.5) is 0 Å². The van der Waals surface area contributed by atoms with E-state index < -0.39 is 0 Å². The van der Waals surface area contributed by atoms with Crippen molar-refractivity contribution in [2.24, 2.45) is 0 Å². The summed E-state index contributed by atoms with van der Waals surface area (Å²) >= 11 is 0. The second-order valence-electron chi connectivity index (χ2n) is 6.85. The quantitative estimate of drug-likeness (QED) is 0.720. The summed E-state index contributed by atoms with van der Waals surface area (Å²) in [4.78, 5) is 0. The van der Waals surface area contributed by atoms with Gasteiger partial charge in [0.1, 0.15) is 0 Å². The van der Waals surface area contributed by atoms with Crippen molar-refractivity contribution in [3.63, 3.8) is 0 Å². The van der Waals surface area contributed by atoms with Gasteiger partial charge in [-0.25, -0.2) is 0 Å². The Morgan fingerprint density at radius 3 is 1.14 bits per heavy atom. The Labute approximate surface area is 129 Å². The number of benzene rings is 2. The van der Waals surface area contributed by atoms with E-state index in [2.05, 4.69) is 90.1 Å². The first-order chi connectivity index (χ1) is 9.71. The third-order valence-corrected chi connectivity index (χ3v) is 4.00. The van der Waals surface area contributed by atoms with Crippen molar-refractivity contribution in [1.82, 2.24) is 0 Å². The second-order valence-corrected chi connectivity index (χ2v) is 6.85. The van der Waals surface area contributed by atoms with Gasteiger partial charge in [0, 0.05) is 0 Å². The third-order valence-electron chi connectivity index (χ3n) is 4.00. The molecule has 0 fully saturated rings. The summed E-state index contributed by atoms with van der Waals surface area (Å²) in [6.45, 7) is 12.7. The van der Waals surface area contributed by atoms with E-state index >= 15 is 0 Å². The SMILES string of the molecule is Cc1ccc(C(C)(C)OC(C)(C)c2ccc(C)cc2)cc1. The molecule has 112 valence electrons. The van der Waals surface area contributed by atoms with E-state index in [0.717, 1.165) is 0 Å². The third kappa shape index (κ3) is 3.74. The molecule has 0 aliphatic rings. The number of hydrogen-bond donors (Lipinski definition) is 0. The van der Waals surface area contributed by atoms with E-state index in [1.165, 1.54) is 22.3 Å². The maximum absolute atomic E-state index is 6.48. The fraction of sp³-hybridized carbons (Fsp3) is 0.400. The summed E-state index contributed by atoms with van der Waals surface area (Å²) in [5.74, 6) is 0. The van der Waals surface area contributed by atoms with E-state index in [-0.39, 0.29) is 11.2 Å². The molecule has 2 rings (SSSR count). The van der Waals surface area contributed by atoms with Gasteiger partial charge in [0.05, 0.1) is 11.2 Å². The van der Waals surface area contributed by atoms with Crippen LogP contribution in [-0.4, -0.2) is 0 Å². The van der Waals surface area contributed by atoms with Gasteiger partial charge in [0.25, 0.3) is 0 Å². The lowest BCUT2D eigenvalue weighted by molar-refractivity contribution is -0.132. The molecule has 0 saturated carbocycles. The summed E-state index contributed by atoms with van der Waals surface area (Å²) in [6, 6.07) is 17.2. The molecule has 2 aromatic rings. The van der Waals surface area contributed by atoms with Gasteiger partial charge in [-0.15, -0.1) is 0 Å². The standard InChI is InChI=1S/C20H26O/c1-15-7-11-17(12-8-15)19(3,4)21-20(5,6)18-13-9-16(2)10-14-18/h7-14H,1-6H3. The minimum atomic E-state index is -0.331. The van der Waals surface area contributed by atoms with E-state index in [4.69, 9.17) is 4.74 Å². The monoisotopic (exact) mass is 282 g/mol. The minimum absolute atomic E-state index is 0.331. The van der Waals surface area contributed by atoms with Crippen molar-refractivity contribution < 1.29 is 4.74 Å². The molecule has 1 heteroatoms. The van der Waals surface area contributed by atoms with E-state index in [1.54, 1.807) is 0 Å². The Morgan fingerprint density at radius 1 is 0.571 bits per heavy atom. The number of hydrogen-bond acceptors (Lipinski definition) is 1. The smallest absolute Gasteiger partial charge is 0.0887 e. The molecule has 0 N–H and O–H groups in total. The maximum atomic E-state index is 6.48.